The molecule has 0 bridgehead atoms. The Morgan fingerprint density at radius 1 is 0.909 bits per heavy atom. The van der Waals surface area contributed by atoms with E-state index >= 15 is 0 Å². The molecule has 2 rings (SSSR count). The Labute approximate surface area is 131 Å². The minimum atomic E-state index is -1.26. The summed E-state index contributed by atoms with van der Waals surface area (Å²) in [6.45, 7) is 0.534. The molecule has 0 radical (unpaired) electrons. The van der Waals surface area contributed by atoms with Crippen LogP contribution in [0.25, 0.3) is 11.1 Å². The third-order valence-electron chi connectivity index (χ3n) is 3.43. The van der Waals surface area contributed by atoms with E-state index in [0.29, 0.717) is 24.8 Å². The van der Waals surface area contributed by atoms with Gasteiger partial charge in [-0.15, -0.1) is 0 Å². The Morgan fingerprint density at radius 3 is 2.18 bits per heavy atom. The summed E-state index contributed by atoms with van der Waals surface area (Å²) < 4.78 is 0. The monoisotopic (exact) mass is 297 g/mol. The molecular formula is C17H20BNO3. The van der Waals surface area contributed by atoms with Crippen LogP contribution in [0.3, 0.4) is 0 Å². The molecule has 2 aromatic carbocycles. The maximum absolute atomic E-state index is 12.0. The summed E-state index contributed by atoms with van der Waals surface area (Å²) in [7, 11) is -1.26. The van der Waals surface area contributed by atoms with Crippen LogP contribution >= 0.6 is 0 Å². The van der Waals surface area contributed by atoms with Crippen molar-refractivity contribution < 1.29 is 14.8 Å². The number of carbonyl (C=O) groups excluding carboxylic acids is 1. The van der Waals surface area contributed by atoms with Gasteiger partial charge in [0.05, 0.1) is 0 Å². The van der Waals surface area contributed by atoms with Gasteiger partial charge in [0, 0.05) is 12.1 Å². The lowest BCUT2D eigenvalue weighted by atomic mass is 9.84. The lowest BCUT2D eigenvalue weighted by molar-refractivity contribution is 0.0953. The van der Waals surface area contributed by atoms with Gasteiger partial charge < -0.3 is 15.4 Å². The van der Waals surface area contributed by atoms with E-state index in [-0.39, 0.29) is 5.91 Å². The zero-order chi connectivity index (χ0) is 15.8. The summed E-state index contributed by atoms with van der Waals surface area (Å²) >= 11 is 0. The largest absolute Gasteiger partial charge is 0.451 e. The first-order chi connectivity index (χ1) is 10.7. The summed E-state index contributed by atoms with van der Waals surface area (Å²) in [5, 5.41) is 20.3. The highest BCUT2D eigenvalue weighted by molar-refractivity contribution is 6.40. The number of carbonyl (C=O) groups is 1. The topological polar surface area (TPSA) is 69.6 Å². The fourth-order valence-corrected chi connectivity index (χ4v) is 2.20. The van der Waals surface area contributed by atoms with Crippen LogP contribution < -0.4 is 5.32 Å². The van der Waals surface area contributed by atoms with Gasteiger partial charge in [0.25, 0.3) is 5.91 Å². The molecule has 0 saturated heterocycles. The van der Waals surface area contributed by atoms with E-state index in [4.69, 9.17) is 10.0 Å². The SMILES string of the molecule is O=C(NCCCCB(O)O)c1ccc(-c2ccccc2)cc1. The first-order valence-electron chi connectivity index (χ1n) is 7.46. The van der Waals surface area contributed by atoms with E-state index in [1.54, 1.807) is 0 Å². The lowest BCUT2D eigenvalue weighted by Gasteiger charge is -2.06. The van der Waals surface area contributed by atoms with Crippen molar-refractivity contribution >= 4 is 13.0 Å². The van der Waals surface area contributed by atoms with Gasteiger partial charge in [-0.25, -0.2) is 0 Å². The first kappa shape index (κ1) is 16.3. The lowest BCUT2D eigenvalue weighted by Crippen LogP contribution is -2.24. The first-order valence-corrected chi connectivity index (χ1v) is 7.46. The van der Waals surface area contributed by atoms with Crippen molar-refractivity contribution in [3.8, 4) is 11.1 Å². The maximum atomic E-state index is 12.0. The van der Waals surface area contributed by atoms with E-state index in [1.807, 2.05) is 54.6 Å². The van der Waals surface area contributed by atoms with Crippen molar-refractivity contribution in [3.63, 3.8) is 0 Å². The molecule has 0 aromatic heterocycles. The number of nitrogens with one attached hydrogen (secondary N) is 1. The smallest absolute Gasteiger partial charge is 0.427 e. The highest BCUT2D eigenvalue weighted by Crippen LogP contribution is 2.19. The normalized spacial score (nSPS) is 10.3. The fraction of sp³-hybridized carbons (Fsp3) is 0.235. The summed E-state index contributed by atoms with van der Waals surface area (Å²) in [6, 6.07) is 17.5. The van der Waals surface area contributed by atoms with Crippen molar-refractivity contribution in [2.24, 2.45) is 0 Å². The second-order valence-electron chi connectivity index (χ2n) is 5.18. The summed E-state index contributed by atoms with van der Waals surface area (Å²) in [5.74, 6) is -0.107. The number of unbranched alkanes of at least 4 members (excludes halogenated alkanes) is 1. The molecule has 3 N–H and O–H groups in total. The van der Waals surface area contributed by atoms with E-state index in [2.05, 4.69) is 5.32 Å². The van der Waals surface area contributed by atoms with Gasteiger partial charge in [-0.3, -0.25) is 4.79 Å². The Balaban J connectivity index is 1.84. The van der Waals surface area contributed by atoms with Crippen molar-refractivity contribution in [2.75, 3.05) is 6.54 Å². The molecule has 0 fully saturated rings. The molecule has 0 spiro atoms. The molecule has 0 aliphatic rings. The van der Waals surface area contributed by atoms with Crippen molar-refractivity contribution in [1.82, 2.24) is 5.32 Å². The zero-order valence-electron chi connectivity index (χ0n) is 12.4. The number of rotatable bonds is 7. The number of hydrogen-bond donors (Lipinski definition) is 3. The molecule has 2 aromatic rings. The molecule has 0 saturated carbocycles. The highest BCUT2D eigenvalue weighted by atomic mass is 16.4. The van der Waals surface area contributed by atoms with Gasteiger partial charge in [0.2, 0.25) is 0 Å². The maximum Gasteiger partial charge on any atom is 0.451 e. The Morgan fingerprint density at radius 2 is 1.55 bits per heavy atom. The molecule has 114 valence electrons. The Kier molecular flexibility index (Phi) is 6.19. The molecule has 0 heterocycles. The average molecular weight is 297 g/mol. The summed E-state index contributed by atoms with van der Waals surface area (Å²) in [4.78, 5) is 12.0. The standard InChI is InChI=1S/C17H20BNO3/c20-17(19-13-5-4-12-18(21)22)16-10-8-15(9-11-16)14-6-2-1-3-7-14/h1-3,6-11,21-22H,4-5,12-13H2,(H,19,20). The van der Waals surface area contributed by atoms with Crippen molar-refractivity contribution in [3.05, 3.63) is 60.2 Å². The van der Waals surface area contributed by atoms with Crippen LogP contribution in [0.2, 0.25) is 6.32 Å². The second kappa shape index (κ2) is 8.36. The minimum absolute atomic E-state index is 0.107. The van der Waals surface area contributed by atoms with E-state index in [1.165, 1.54) is 0 Å². The summed E-state index contributed by atoms with van der Waals surface area (Å²) in [5.41, 5.74) is 2.83. The zero-order valence-corrected chi connectivity index (χ0v) is 12.4. The minimum Gasteiger partial charge on any atom is -0.427 e. The van der Waals surface area contributed by atoms with Gasteiger partial charge in [-0.1, -0.05) is 48.9 Å². The third-order valence-corrected chi connectivity index (χ3v) is 3.43. The molecule has 0 aliphatic carbocycles. The molecular weight excluding hydrogens is 277 g/mol. The molecule has 22 heavy (non-hydrogen) atoms. The van der Waals surface area contributed by atoms with Gasteiger partial charge in [0.15, 0.2) is 0 Å². The molecule has 0 unspecified atom stereocenters. The number of hydrogen-bond acceptors (Lipinski definition) is 3. The average Bonchev–Trinajstić information content (AvgIpc) is 2.55. The van der Waals surface area contributed by atoms with Crippen LogP contribution in [0.5, 0.6) is 0 Å². The molecule has 0 aliphatic heterocycles. The Bertz CT molecular complexity index is 585. The van der Waals surface area contributed by atoms with Crippen LogP contribution in [-0.4, -0.2) is 29.6 Å². The number of amides is 1. The molecule has 0 atom stereocenters. The molecule has 1 amide bonds. The van der Waals surface area contributed by atoms with E-state index in [0.717, 1.165) is 17.5 Å². The van der Waals surface area contributed by atoms with Crippen LogP contribution in [0.4, 0.5) is 0 Å². The van der Waals surface area contributed by atoms with E-state index in [9.17, 15) is 4.79 Å². The van der Waals surface area contributed by atoms with Crippen LogP contribution in [-0.2, 0) is 0 Å². The quantitative estimate of drug-likeness (QED) is 0.542. The summed E-state index contributed by atoms with van der Waals surface area (Å²) in [6.07, 6.45) is 1.73. The second-order valence-corrected chi connectivity index (χ2v) is 5.18. The van der Waals surface area contributed by atoms with Crippen molar-refractivity contribution in [1.29, 1.82) is 0 Å². The third kappa shape index (κ3) is 5.02. The highest BCUT2D eigenvalue weighted by Gasteiger charge is 2.07. The van der Waals surface area contributed by atoms with Gasteiger partial charge in [0.1, 0.15) is 0 Å². The van der Waals surface area contributed by atoms with Gasteiger partial charge in [-0.2, -0.15) is 0 Å². The van der Waals surface area contributed by atoms with Crippen molar-refractivity contribution in [2.45, 2.75) is 19.2 Å². The van der Waals surface area contributed by atoms with Gasteiger partial charge >= 0.3 is 7.12 Å². The van der Waals surface area contributed by atoms with E-state index < -0.39 is 7.12 Å². The number of benzene rings is 2. The van der Waals surface area contributed by atoms with Gasteiger partial charge in [-0.05, 0) is 36.0 Å². The predicted octanol–water partition coefficient (Wildman–Crippen LogP) is 2.34. The predicted molar refractivity (Wildman–Crippen MR) is 88.4 cm³/mol. The molecule has 5 heteroatoms. The van der Waals surface area contributed by atoms with Crippen LogP contribution in [0, 0.1) is 0 Å². The fourth-order valence-electron chi connectivity index (χ4n) is 2.20. The Hall–Kier alpha value is -2.11. The molecule has 4 nitrogen and oxygen atoms in total. The van der Waals surface area contributed by atoms with Crippen LogP contribution in [0.1, 0.15) is 23.2 Å². The van der Waals surface area contributed by atoms with Crippen LogP contribution in [0.15, 0.2) is 54.6 Å².